The lowest BCUT2D eigenvalue weighted by Crippen LogP contribution is -2.58. The highest BCUT2D eigenvalue weighted by Crippen LogP contribution is 2.52. The zero-order valence-corrected chi connectivity index (χ0v) is 54.6. The molecule has 0 radical (unpaired) electrons. The number of anilines is 2. The molecule has 474 valence electrons. The summed E-state index contributed by atoms with van der Waals surface area (Å²) >= 11 is 0. The molecule has 8 aromatic carbocycles. The van der Waals surface area contributed by atoms with E-state index in [1.54, 1.807) is 6.21 Å². The van der Waals surface area contributed by atoms with Gasteiger partial charge in [0.15, 0.2) is 5.71 Å². The Labute approximate surface area is 540 Å². The first-order chi connectivity index (χ1) is 43.4. The molecule has 14 nitrogen and oxygen atoms in total. The molecule has 0 spiro atoms. The average molecular weight is 1270 g/mol. The number of oxime groups is 1. The Morgan fingerprint density at radius 3 is 1.09 bits per heavy atom. The first kappa shape index (κ1) is 68.8. The maximum Gasteiger partial charge on any atom is 0.214 e. The molecule has 12 rings (SSSR count). The lowest BCUT2D eigenvalue weighted by molar-refractivity contribution is -1.92. The highest BCUT2D eigenvalue weighted by atomic mass is 35.7. The highest BCUT2D eigenvalue weighted by molar-refractivity contribution is 6.33. The van der Waals surface area contributed by atoms with Crippen LogP contribution in [0.4, 0.5) is 22.7 Å². The number of para-hydroxylation sites is 4. The van der Waals surface area contributed by atoms with Gasteiger partial charge in [0.2, 0.25) is 17.1 Å². The second-order valence-electron chi connectivity index (χ2n) is 23.8. The second kappa shape index (κ2) is 29.5. The Morgan fingerprint density at radius 1 is 0.418 bits per heavy atom. The standard InChI is InChI=1S/C37H39N2.C19H20N2O.C19H21N.2ClHO4/c1-5-38-32-23-15-13-21-30(32)36(3,26-28-17-9-7-10-18-28)34(38)25-35-37(4,27-29-19-11-8-12-20-29)31-22-14-16-24-33(31)39(35)6-2;1-3-21-17-12-8-7-11-16(17)19(2,18(21)14-20-22)13-15-9-5-4-6-10-15;1-4-20-15(2)19(3,14-16-10-6-5-7-11-16)17-12-8-9-13-18(17)20;2*2-1(3,4)5/h7-25H,5-6,26-27H2,1-4H3;4-12,14H,3,13H2,1-2H3;5-13H,2,4,14H2,1,3H3;2*(H,2,3,4,5)/q+1;;;;/p+1. The van der Waals surface area contributed by atoms with E-state index in [0.29, 0.717) is 0 Å². The Balaban J connectivity index is 0.000000174. The summed E-state index contributed by atoms with van der Waals surface area (Å²) in [7, 11) is -9.39. The Kier molecular flexibility index (Phi) is 22.3. The predicted octanol–water partition coefficient (Wildman–Crippen LogP) is 8.29. The topological polar surface area (TPSA) is 224 Å². The molecular weight excluding hydrogens is 1190 g/mol. The van der Waals surface area contributed by atoms with Crippen LogP contribution in [-0.2, 0) is 47.3 Å². The van der Waals surface area contributed by atoms with Crippen LogP contribution >= 0.6 is 0 Å². The van der Waals surface area contributed by atoms with Crippen molar-refractivity contribution in [3.8, 4) is 0 Å². The number of hydrogen-bond acceptors (Lipinski definition) is 12. The average Bonchev–Trinajstić information content (AvgIpc) is 1.59. The van der Waals surface area contributed by atoms with E-state index in [9.17, 15) is 0 Å². The summed E-state index contributed by atoms with van der Waals surface area (Å²) in [5.41, 5.74) is 20.7. The number of rotatable bonds is 14. The summed E-state index contributed by atoms with van der Waals surface area (Å²) in [6, 6.07) is 78.4. The van der Waals surface area contributed by atoms with Crippen molar-refractivity contribution in [1.29, 1.82) is 0 Å². The van der Waals surface area contributed by atoms with E-state index in [2.05, 4.69) is 304 Å². The van der Waals surface area contributed by atoms with E-state index in [4.69, 9.17) is 42.5 Å². The number of likely N-dealkylation sites (N-methyl/N-ethyl adjacent to an activating group) is 2. The van der Waals surface area contributed by atoms with Crippen LogP contribution in [-0.4, -0.2) is 67.5 Å². The van der Waals surface area contributed by atoms with Crippen molar-refractivity contribution in [3.05, 3.63) is 287 Å². The molecule has 4 unspecified atom stereocenters. The first-order valence-corrected chi connectivity index (χ1v) is 33.1. The normalized spacial score (nSPS) is 20.7. The molecular formula is C75H83Cl2N5O9+2. The quantitative estimate of drug-likeness (QED) is 0.0407. The summed E-state index contributed by atoms with van der Waals surface area (Å²) in [6.07, 6.45) is 7.97. The molecule has 4 atom stereocenters. The third-order valence-electron chi connectivity index (χ3n) is 18.0. The summed E-state index contributed by atoms with van der Waals surface area (Å²) in [4.78, 5) is 4.91. The van der Waals surface area contributed by atoms with Crippen molar-refractivity contribution in [2.75, 3.05) is 36.0 Å². The zero-order chi connectivity index (χ0) is 65.8. The molecule has 0 saturated carbocycles. The van der Waals surface area contributed by atoms with Gasteiger partial charge >= 0.3 is 0 Å². The largest absolute Gasteiger partial charge is 0.411 e. The molecule has 0 saturated heterocycles. The molecule has 8 aromatic rings. The number of allylic oxidation sites excluding steroid dienone is 3. The molecule has 91 heavy (non-hydrogen) atoms. The van der Waals surface area contributed by atoms with Gasteiger partial charge in [-0.2, -0.15) is 37.1 Å². The van der Waals surface area contributed by atoms with Gasteiger partial charge in [0.1, 0.15) is 19.3 Å². The molecule has 0 bridgehead atoms. The maximum absolute atomic E-state index is 9.14. The van der Waals surface area contributed by atoms with Crippen LogP contribution in [0.25, 0.3) is 0 Å². The summed E-state index contributed by atoms with van der Waals surface area (Å²) in [5.74, 6) is 0. The SMILES string of the molecule is C=C1N(CC)c2ccccc2C1(C)Cc1ccccc1.CCN1C(=CC2=[N+](CC)c3ccccc3C2(C)Cc2ccccc2)C(C)(Cc2ccccc2)c2ccccc21.CC[N+]1=C(C=NO)C(C)(Cc2ccccc2)c2ccccc21.[O-][Cl+3]([O-])([O-])O.[O-][Cl+3]([O-])([O-])O. The molecule has 4 aliphatic rings. The van der Waals surface area contributed by atoms with Crippen LogP contribution < -0.4 is 37.8 Å². The van der Waals surface area contributed by atoms with Crippen LogP contribution in [0.1, 0.15) is 99.9 Å². The summed E-state index contributed by atoms with van der Waals surface area (Å²) in [6.45, 7) is 26.4. The van der Waals surface area contributed by atoms with E-state index in [1.165, 1.54) is 84.4 Å². The molecule has 3 N–H and O–H groups in total. The van der Waals surface area contributed by atoms with E-state index in [0.717, 1.165) is 57.6 Å². The Hall–Kier alpha value is -8.09. The zero-order valence-electron chi connectivity index (χ0n) is 53.1. The smallest absolute Gasteiger partial charge is 0.214 e. The molecule has 16 heteroatoms. The molecule has 0 aromatic heterocycles. The lowest BCUT2D eigenvalue weighted by Gasteiger charge is -2.31. The molecule has 0 aliphatic carbocycles. The first-order valence-electron chi connectivity index (χ1n) is 30.6. The van der Waals surface area contributed by atoms with Crippen molar-refractivity contribution in [3.63, 3.8) is 0 Å². The van der Waals surface area contributed by atoms with Crippen LogP contribution in [0.3, 0.4) is 0 Å². The second-order valence-corrected chi connectivity index (χ2v) is 25.4. The van der Waals surface area contributed by atoms with Gasteiger partial charge in [-0.05, 0) is 127 Å². The minimum Gasteiger partial charge on any atom is -0.411 e. The van der Waals surface area contributed by atoms with E-state index in [1.807, 2.05) is 6.07 Å². The van der Waals surface area contributed by atoms with Gasteiger partial charge in [0.05, 0.1) is 40.6 Å². The van der Waals surface area contributed by atoms with Gasteiger partial charge in [-0.25, -0.2) is 0 Å². The lowest BCUT2D eigenvalue weighted by atomic mass is 9.72. The number of benzene rings is 8. The van der Waals surface area contributed by atoms with Crippen molar-refractivity contribution >= 4 is 40.4 Å². The van der Waals surface area contributed by atoms with Gasteiger partial charge in [-0.1, -0.05) is 206 Å². The minimum absolute atomic E-state index is 0.00600. The number of halogens is 2. The third-order valence-corrected chi connectivity index (χ3v) is 18.0. The van der Waals surface area contributed by atoms with Crippen molar-refractivity contribution < 1.29 is 72.1 Å². The van der Waals surface area contributed by atoms with E-state index in [-0.39, 0.29) is 21.7 Å². The van der Waals surface area contributed by atoms with Crippen LogP contribution in [0, 0.1) is 20.5 Å². The van der Waals surface area contributed by atoms with Crippen molar-refractivity contribution in [2.24, 2.45) is 5.16 Å². The summed E-state index contributed by atoms with van der Waals surface area (Å²) in [5, 5.41) is 12.5. The van der Waals surface area contributed by atoms with Gasteiger partial charge in [-0.3, -0.25) is 0 Å². The fourth-order valence-corrected chi connectivity index (χ4v) is 14.0. The number of nitrogens with zero attached hydrogens (tertiary/aromatic N) is 5. The van der Waals surface area contributed by atoms with Gasteiger partial charge in [0.25, 0.3) is 0 Å². The third kappa shape index (κ3) is 15.6. The number of fused-ring (bicyclic) bond motifs is 4. The monoisotopic (exact) mass is 1270 g/mol. The van der Waals surface area contributed by atoms with Crippen molar-refractivity contribution in [2.45, 2.75) is 103 Å². The van der Waals surface area contributed by atoms with Gasteiger partial charge in [0, 0.05) is 76.0 Å². The summed E-state index contributed by atoms with van der Waals surface area (Å²) < 4.78 is 70.2. The Morgan fingerprint density at radius 2 is 0.714 bits per heavy atom. The van der Waals surface area contributed by atoms with Gasteiger partial charge < -0.3 is 15.0 Å². The number of hydrogen-bond donors (Lipinski definition) is 3. The van der Waals surface area contributed by atoms with Crippen LogP contribution in [0.15, 0.2) is 248 Å². The molecule has 0 fully saturated rings. The predicted molar refractivity (Wildman–Crippen MR) is 345 cm³/mol. The molecule has 0 amide bonds. The fourth-order valence-electron chi connectivity index (χ4n) is 14.0. The van der Waals surface area contributed by atoms with E-state index < -0.39 is 20.5 Å². The van der Waals surface area contributed by atoms with Crippen molar-refractivity contribution in [1.82, 2.24) is 0 Å². The minimum atomic E-state index is -4.69. The molecule has 4 heterocycles. The molecule has 4 aliphatic heterocycles. The maximum atomic E-state index is 9.14. The highest BCUT2D eigenvalue weighted by Gasteiger charge is 2.51. The van der Waals surface area contributed by atoms with Gasteiger partial charge in [-0.15, -0.1) is 0 Å². The van der Waals surface area contributed by atoms with E-state index >= 15 is 0 Å². The van der Waals surface area contributed by atoms with Crippen LogP contribution in [0.2, 0.25) is 0 Å². The Bertz CT molecular complexity index is 3870. The van der Waals surface area contributed by atoms with Crippen LogP contribution in [0.5, 0.6) is 0 Å². The fraction of sp³-hybridized carbons (Fsp3) is 0.267.